The maximum absolute atomic E-state index is 11.3. The molecule has 0 fully saturated rings. The van der Waals surface area contributed by atoms with Gasteiger partial charge >= 0.3 is 5.97 Å². The van der Waals surface area contributed by atoms with Gasteiger partial charge in [-0.25, -0.2) is 4.79 Å². The molecule has 1 atom stereocenters. The summed E-state index contributed by atoms with van der Waals surface area (Å²) in [4.78, 5) is 21.4. The second kappa shape index (κ2) is 9.00. The van der Waals surface area contributed by atoms with Crippen molar-refractivity contribution in [2.75, 3.05) is 12.4 Å². The average molecular weight is 338 g/mol. The van der Waals surface area contributed by atoms with Gasteiger partial charge in [-0.05, 0) is 55.6 Å². The molecule has 124 valence electrons. The topological polar surface area (TPSA) is 68.5 Å². The largest absolute Gasteiger partial charge is 0.467 e. The van der Waals surface area contributed by atoms with Crippen molar-refractivity contribution in [3.8, 4) is 0 Å². The molecule has 1 aromatic heterocycles. The molecule has 2 rings (SSSR count). The predicted octanol–water partition coefficient (Wildman–Crippen LogP) is 3.94. The maximum Gasteiger partial charge on any atom is 0.327 e. The number of hydrogen-bond acceptors (Lipinski definition) is 5. The molecule has 0 aliphatic rings. The van der Waals surface area contributed by atoms with Gasteiger partial charge in [-0.15, -0.1) is 0 Å². The fourth-order valence-electron chi connectivity index (χ4n) is 1.88. The number of furan rings is 1. The van der Waals surface area contributed by atoms with E-state index in [0.29, 0.717) is 0 Å². The number of aryl methyl sites for hydroxylation is 2. The number of benzene rings is 1. The van der Waals surface area contributed by atoms with Gasteiger partial charge in [0.1, 0.15) is 6.04 Å². The molecule has 2 aromatic rings. The normalized spacial score (nSPS) is 11.0. The predicted molar refractivity (Wildman–Crippen MR) is 89.9 cm³/mol. The quantitative estimate of drug-likeness (QED) is 0.676. The number of rotatable bonds is 4. The Morgan fingerprint density at radius 2 is 1.78 bits per heavy atom. The molecule has 1 unspecified atom stereocenters. The minimum absolute atomic E-state index is 0.187. The van der Waals surface area contributed by atoms with E-state index in [2.05, 4.69) is 14.5 Å². The number of anilines is 1. The van der Waals surface area contributed by atoms with Crippen molar-refractivity contribution >= 4 is 28.5 Å². The Balaban J connectivity index is 0.000000277. The summed E-state index contributed by atoms with van der Waals surface area (Å²) in [5.74, 6) is -0.0654. The highest BCUT2D eigenvalue weighted by Crippen LogP contribution is 2.20. The van der Waals surface area contributed by atoms with E-state index < -0.39 is 5.24 Å². The highest BCUT2D eigenvalue weighted by molar-refractivity contribution is 6.67. The zero-order chi connectivity index (χ0) is 17.4. The van der Waals surface area contributed by atoms with Crippen molar-refractivity contribution in [3.63, 3.8) is 0 Å². The highest BCUT2D eigenvalue weighted by atomic mass is 35.5. The van der Waals surface area contributed by atoms with Crippen LogP contribution in [0.4, 0.5) is 5.69 Å². The van der Waals surface area contributed by atoms with Crippen LogP contribution >= 0.6 is 11.6 Å². The van der Waals surface area contributed by atoms with E-state index in [4.69, 9.17) is 11.6 Å². The number of carbonyl (C=O) groups is 2. The van der Waals surface area contributed by atoms with E-state index in [1.807, 2.05) is 32.0 Å². The van der Waals surface area contributed by atoms with E-state index in [9.17, 15) is 9.59 Å². The Morgan fingerprint density at radius 1 is 1.17 bits per heavy atom. The molecule has 0 spiro atoms. The molecule has 0 aliphatic heterocycles. The van der Waals surface area contributed by atoms with Gasteiger partial charge in [-0.3, -0.25) is 4.79 Å². The lowest BCUT2D eigenvalue weighted by Gasteiger charge is -2.16. The van der Waals surface area contributed by atoms with E-state index >= 15 is 0 Å². The van der Waals surface area contributed by atoms with Crippen molar-refractivity contribution in [1.29, 1.82) is 0 Å². The minimum Gasteiger partial charge on any atom is -0.467 e. The van der Waals surface area contributed by atoms with E-state index in [0.717, 1.165) is 16.8 Å². The lowest BCUT2D eigenvalue weighted by Crippen LogP contribution is -2.27. The van der Waals surface area contributed by atoms with Gasteiger partial charge in [0.2, 0.25) is 0 Å². The van der Waals surface area contributed by atoms with Crippen LogP contribution in [-0.2, 0) is 9.53 Å². The number of nitrogens with one attached hydrogen (secondary N) is 1. The second-order valence-electron chi connectivity index (χ2n) is 4.91. The summed E-state index contributed by atoms with van der Waals surface area (Å²) < 4.78 is 9.28. The minimum atomic E-state index is -0.560. The Labute approximate surface area is 140 Å². The monoisotopic (exact) mass is 337 g/mol. The first-order chi connectivity index (χ1) is 10.9. The van der Waals surface area contributed by atoms with Crippen molar-refractivity contribution in [2.45, 2.75) is 26.8 Å². The third-order valence-electron chi connectivity index (χ3n) is 3.11. The SMILES string of the molecule is COC(=O)C(C)Nc1c(C)cccc1C.O=C(Cl)c1ccco1. The number of methoxy groups -OCH3 is 1. The van der Waals surface area contributed by atoms with Crippen molar-refractivity contribution < 1.29 is 18.7 Å². The molecule has 0 saturated carbocycles. The number of ether oxygens (including phenoxy) is 1. The van der Waals surface area contributed by atoms with E-state index in [1.165, 1.54) is 19.4 Å². The molecule has 0 saturated heterocycles. The molecule has 5 nitrogen and oxygen atoms in total. The van der Waals surface area contributed by atoms with Gasteiger partial charge in [0.15, 0.2) is 5.76 Å². The fourth-order valence-corrected chi connectivity index (χ4v) is 1.99. The van der Waals surface area contributed by atoms with Crippen LogP contribution in [0.2, 0.25) is 0 Å². The van der Waals surface area contributed by atoms with Gasteiger partial charge < -0.3 is 14.5 Å². The summed E-state index contributed by atoms with van der Waals surface area (Å²) in [5.41, 5.74) is 3.27. The molecular formula is C17H20ClNO4. The Hall–Kier alpha value is -2.27. The molecule has 0 radical (unpaired) electrons. The number of para-hydroxylation sites is 1. The van der Waals surface area contributed by atoms with Crippen molar-refractivity contribution in [3.05, 3.63) is 53.5 Å². The van der Waals surface area contributed by atoms with Crippen LogP contribution in [0.1, 0.15) is 28.6 Å². The van der Waals surface area contributed by atoms with Crippen LogP contribution in [0, 0.1) is 13.8 Å². The first kappa shape index (κ1) is 18.8. The van der Waals surface area contributed by atoms with Crippen LogP contribution in [0.3, 0.4) is 0 Å². The molecule has 0 bridgehead atoms. The Morgan fingerprint density at radius 3 is 2.17 bits per heavy atom. The molecule has 6 heteroatoms. The molecule has 1 aromatic carbocycles. The van der Waals surface area contributed by atoms with Crippen LogP contribution < -0.4 is 5.32 Å². The Kier molecular flexibility index (Phi) is 7.35. The number of esters is 1. The van der Waals surface area contributed by atoms with Crippen LogP contribution in [0.5, 0.6) is 0 Å². The summed E-state index contributed by atoms with van der Waals surface area (Å²) in [6.07, 6.45) is 1.40. The van der Waals surface area contributed by atoms with Gasteiger partial charge in [0.05, 0.1) is 13.4 Å². The number of halogens is 1. The zero-order valence-corrected chi connectivity index (χ0v) is 14.3. The Bertz CT molecular complexity index is 632. The van der Waals surface area contributed by atoms with Crippen molar-refractivity contribution in [2.24, 2.45) is 0 Å². The molecule has 0 amide bonds. The standard InChI is InChI=1S/C12H17NO2.C5H3ClO2/c1-8-6-5-7-9(2)11(8)13-10(3)12(14)15-4;6-5(7)4-2-1-3-8-4/h5-7,10,13H,1-4H3;1-3H. The van der Waals surface area contributed by atoms with Crippen LogP contribution in [-0.4, -0.2) is 24.4 Å². The summed E-state index contributed by atoms with van der Waals surface area (Å²) in [6.45, 7) is 5.82. The smallest absolute Gasteiger partial charge is 0.327 e. The molecule has 23 heavy (non-hydrogen) atoms. The van der Waals surface area contributed by atoms with Crippen molar-refractivity contribution in [1.82, 2.24) is 0 Å². The first-order valence-electron chi connectivity index (χ1n) is 7.00. The maximum atomic E-state index is 11.3. The molecular weight excluding hydrogens is 318 g/mol. The number of carbonyl (C=O) groups excluding carboxylic acids is 2. The lowest BCUT2D eigenvalue weighted by atomic mass is 10.1. The highest BCUT2D eigenvalue weighted by Gasteiger charge is 2.14. The summed E-state index contributed by atoms with van der Waals surface area (Å²) in [6, 6.07) is 8.82. The second-order valence-corrected chi connectivity index (χ2v) is 5.25. The first-order valence-corrected chi connectivity index (χ1v) is 7.38. The summed E-state index contributed by atoms with van der Waals surface area (Å²) >= 11 is 5.01. The van der Waals surface area contributed by atoms with E-state index in [1.54, 1.807) is 13.0 Å². The van der Waals surface area contributed by atoms with Gasteiger partial charge in [0, 0.05) is 5.69 Å². The van der Waals surface area contributed by atoms with Gasteiger partial charge in [-0.1, -0.05) is 18.2 Å². The summed E-state index contributed by atoms with van der Waals surface area (Å²) in [7, 11) is 1.39. The fraction of sp³-hybridized carbons (Fsp3) is 0.294. The van der Waals surface area contributed by atoms with Crippen LogP contribution in [0.25, 0.3) is 0 Å². The zero-order valence-electron chi connectivity index (χ0n) is 13.6. The number of hydrogen-bond donors (Lipinski definition) is 1. The average Bonchev–Trinajstić information content (AvgIpc) is 3.05. The third kappa shape index (κ3) is 5.79. The van der Waals surface area contributed by atoms with Gasteiger partial charge in [0.25, 0.3) is 5.24 Å². The lowest BCUT2D eigenvalue weighted by molar-refractivity contribution is -0.141. The van der Waals surface area contributed by atoms with Gasteiger partial charge in [-0.2, -0.15) is 0 Å². The molecule has 1 heterocycles. The summed E-state index contributed by atoms with van der Waals surface area (Å²) in [5, 5.41) is 2.59. The van der Waals surface area contributed by atoms with E-state index in [-0.39, 0.29) is 17.8 Å². The molecule has 0 aliphatic carbocycles. The third-order valence-corrected chi connectivity index (χ3v) is 3.30. The molecule has 1 N–H and O–H groups in total. The van der Waals surface area contributed by atoms with Crippen LogP contribution in [0.15, 0.2) is 41.0 Å².